The van der Waals surface area contributed by atoms with Crippen molar-refractivity contribution in [3.8, 4) is 0 Å². The fourth-order valence-electron chi connectivity index (χ4n) is 4.79. The number of carbonyl (C=O) groups is 3. The molecular formula is C37H65NO7. The summed E-state index contributed by atoms with van der Waals surface area (Å²) in [6.07, 6.45) is 28.9. The van der Waals surface area contributed by atoms with Gasteiger partial charge in [0.1, 0.15) is 12.6 Å². The van der Waals surface area contributed by atoms with E-state index in [1.54, 1.807) is 21.1 Å². The zero-order valence-corrected chi connectivity index (χ0v) is 29.3. The van der Waals surface area contributed by atoms with Crippen LogP contribution in [0, 0.1) is 0 Å². The van der Waals surface area contributed by atoms with Crippen LogP contribution in [0.3, 0.4) is 0 Å². The fourth-order valence-corrected chi connectivity index (χ4v) is 4.79. The minimum atomic E-state index is -1.13. The molecule has 8 heteroatoms. The maximum Gasteiger partial charge on any atom is 0.306 e. The number of nitrogens with zero attached hydrogens (tertiary/aromatic N) is 1. The van der Waals surface area contributed by atoms with E-state index < -0.39 is 18.1 Å². The molecular weight excluding hydrogens is 570 g/mol. The van der Waals surface area contributed by atoms with Gasteiger partial charge >= 0.3 is 11.9 Å². The quantitative estimate of drug-likeness (QED) is 0.0362. The Labute approximate surface area is 274 Å². The first-order valence-electron chi connectivity index (χ1n) is 17.5. The molecule has 45 heavy (non-hydrogen) atoms. The molecule has 0 aromatic heterocycles. The zero-order valence-electron chi connectivity index (χ0n) is 29.3. The molecule has 0 aliphatic rings. The molecule has 0 radical (unpaired) electrons. The van der Waals surface area contributed by atoms with Crippen LogP contribution in [0.4, 0.5) is 0 Å². The molecule has 0 amide bonds. The summed E-state index contributed by atoms with van der Waals surface area (Å²) in [6, 6.07) is -0.729. The number of carbonyl (C=O) groups excluding carboxylic acids is 3. The predicted molar refractivity (Wildman–Crippen MR) is 180 cm³/mol. The first-order chi connectivity index (χ1) is 21.6. The van der Waals surface area contributed by atoms with Crippen LogP contribution in [0.5, 0.6) is 0 Å². The molecule has 0 aromatic rings. The Morgan fingerprint density at radius 3 is 1.84 bits per heavy atom. The number of allylic oxidation sites excluding steroid dienone is 6. The van der Waals surface area contributed by atoms with Crippen LogP contribution in [-0.4, -0.2) is 75.5 Å². The van der Waals surface area contributed by atoms with Crippen molar-refractivity contribution >= 4 is 17.9 Å². The number of quaternary nitrogens is 1. The summed E-state index contributed by atoms with van der Waals surface area (Å²) in [5.74, 6) is -1.80. The van der Waals surface area contributed by atoms with Gasteiger partial charge in [0, 0.05) is 19.3 Å². The lowest BCUT2D eigenvalue weighted by molar-refractivity contribution is -0.889. The lowest BCUT2D eigenvalue weighted by atomic mass is 10.1. The van der Waals surface area contributed by atoms with Crippen molar-refractivity contribution in [3.63, 3.8) is 0 Å². The van der Waals surface area contributed by atoms with Gasteiger partial charge in [-0.25, -0.2) is 0 Å². The summed E-state index contributed by atoms with van der Waals surface area (Å²) in [4.78, 5) is 36.4. The molecule has 0 rings (SSSR count). The Hall–Kier alpha value is -2.45. The highest BCUT2D eigenvalue weighted by atomic mass is 16.6. The maximum atomic E-state index is 12.6. The number of rotatable bonds is 30. The van der Waals surface area contributed by atoms with Crippen molar-refractivity contribution in [1.29, 1.82) is 0 Å². The van der Waals surface area contributed by atoms with Crippen LogP contribution in [0.2, 0.25) is 0 Å². The molecule has 0 aromatic carbocycles. The Bertz CT molecular complexity index is 844. The largest absolute Gasteiger partial charge is 0.544 e. The highest BCUT2D eigenvalue weighted by Crippen LogP contribution is 2.12. The van der Waals surface area contributed by atoms with E-state index in [1.165, 1.54) is 38.5 Å². The fraction of sp³-hybridized carbons (Fsp3) is 0.757. The summed E-state index contributed by atoms with van der Waals surface area (Å²) in [6.45, 7) is 4.45. The smallest absolute Gasteiger partial charge is 0.306 e. The standard InChI is InChI=1S/C37H65NO7/c1-6-8-10-12-14-16-17-18-20-22-24-26-28-36(40)45-33(31-43-30-29-34(37(41)42)38(3,4)5)32-44-35(39)27-25-23-21-19-15-13-11-9-7-2/h8,10,14,16,18,20,33-34H,6-7,9,11-13,15,17,19,21-32H2,1-5H3/b10-8+,16-14+,20-18+. The van der Waals surface area contributed by atoms with Gasteiger partial charge in [-0.1, -0.05) is 102 Å². The third kappa shape index (κ3) is 27.6. The lowest BCUT2D eigenvalue weighted by Crippen LogP contribution is -2.55. The summed E-state index contributed by atoms with van der Waals surface area (Å²) in [7, 11) is 5.37. The molecule has 0 aliphatic carbocycles. The molecule has 0 heterocycles. The van der Waals surface area contributed by atoms with E-state index in [4.69, 9.17) is 14.2 Å². The SMILES string of the molecule is CC/C=C/C/C=C/C/C=C/CCCCC(=O)OC(COCCC(C(=O)[O-])[N+](C)(C)C)COC(=O)CCCCCCCCCCC. The molecule has 2 atom stereocenters. The predicted octanol–water partition coefficient (Wildman–Crippen LogP) is 7.01. The van der Waals surface area contributed by atoms with E-state index in [9.17, 15) is 19.5 Å². The average molecular weight is 636 g/mol. The van der Waals surface area contributed by atoms with E-state index >= 15 is 0 Å². The Kier molecular flexibility index (Phi) is 27.4. The number of unbranched alkanes of at least 4 members (excludes halogenated alkanes) is 10. The number of carboxylic acid groups (broad SMARTS) is 1. The Morgan fingerprint density at radius 1 is 0.689 bits per heavy atom. The summed E-state index contributed by atoms with van der Waals surface area (Å²) in [5.41, 5.74) is 0. The van der Waals surface area contributed by atoms with Crippen molar-refractivity contribution in [2.75, 3.05) is 41.0 Å². The van der Waals surface area contributed by atoms with E-state index in [0.717, 1.165) is 51.4 Å². The third-order valence-corrected chi connectivity index (χ3v) is 7.54. The van der Waals surface area contributed by atoms with Crippen LogP contribution in [0.15, 0.2) is 36.5 Å². The molecule has 0 N–H and O–H groups in total. The third-order valence-electron chi connectivity index (χ3n) is 7.54. The van der Waals surface area contributed by atoms with E-state index in [-0.39, 0.29) is 49.1 Å². The molecule has 0 fully saturated rings. The summed E-state index contributed by atoms with van der Waals surface area (Å²) >= 11 is 0. The van der Waals surface area contributed by atoms with E-state index in [1.807, 2.05) is 0 Å². The molecule has 0 aliphatic heterocycles. The van der Waals surface area contributed by atoms with Gasteiger partial charge < -0.3 is 28.6 Å². The molecule has 260 valence electrons. The molecule has 0 saturated heterocycles. The second-order valence-corrected chi connectivity index (χ2v) is 12.7. The van der Waals surface area contributed by atoms with Crippen LogP contribution in [-0.2, 0) is 28.6 Å². The van der Waals surface area contributed by atoms with Gasteiger partial charge in [-0.2, -0.15) is 0 Å². The Balaban J connectivity index is 4.55. The van der Waals surface area contributed by atoms with Gasteiger partial charge in [0.15, 0.2) is 6.10 Å². The molecule has 0 spiro atoms. The van der Waals surface area contributed by atoms with Gasteiger partial charge in [-0.3, -0.25) is 9.59 Å². The van der Waals surface area contributed by atoms with Crippen molar-refractivity contribution in [2.24, 2.45) is 0 Å². The van der Waals surface area contributed by atoms with Gasteiger partial charge in [-0.05, 0) is 44.9 Å². The van der Waals surface area contributed by atoms with Crippen molar-refractivity contribution in [2.45, 2.75) is 142 Å². The lowest BCUT2D eigenvalue weighted by Gasteiger charge is -2.34. The highest BCUT2D eigenvalue weighted by molar-refractivity contribution is 5.70. The number of esters is 2. The minimum Gasteiger partial charge on any atom is -0.544 e. The summed E-state index contributed by atoms with van der Waals surface area (Å²) < 4.78 is 17.0. The van der Waals surface area contributed by atoms with Crippen LogP contribution < -0.4 is 5.11 Å². The van der Waals surface area contributed by atoms with Crippen molar-refractivity contribution in [1.82, 2.24) is 0 Å². The topological polar surface area (TPSA) is 102 Å². The van der Waals surface area contributed by atoms with Gasteiger partial charge in [-0.15, -0.1) is 0 Å². The first-order valence-corrected chi connectivity index (χ1v) is 17.5. The summed E-state index contributed by atoms with van der Waals surface area (Å²) in [5, 5.41) is 11.5. The van der Waals surface area contributed by atoms with E-state index in [2.05, 4.69) is 50.3 Å². The van der Waals surface area contributed by atoms with Crippen LogP contribution in [0.25, 0.3) is 0 Å². The number of aliphatic carboxylic acids is 1. The van der Waals surface area contributed by atoms with Crippen LogP contribution >= 0.6 is 0 Å². The Morgan fingerprint density at radius 2 is 1.24 bits per heavy atom. The van der Waals surface area contributed by atoms with Crippen molar-refractivity contribution < 1.29 is 38.2 Å². The number of likely N-dealkylation sites (N-methyl/N-ethyl adjacent to an activating group) is 1. The molecule has 0 bridgehead atoms. The van der Waals surface area contributed by atoms with Crippen LogP contribution in [0.1, 0.15) is 129 Å². The monoisotopic (exact) mass is 635 g/mol. The van der Waals surface area contributed by atoms with Gasteiger partial charge in [0.2, 0.25) is 0 Å². The van der Waals surface area contributed by atoms with Gasteiger partial charge in [0.05, 0.1) is 40.3 Å². The molecule has 0 saturated carbocycles. The minimum absolute atomic E-state index is 0.0262. The second-order valence-electron chi connectivity index (χ2n) is 12.7. The number of carboxylic acids is 1. The maximum absolute atomic E-state index is 12.6. The number of hydrogen-bond donors (Lipinski definition) is 0. The molecule has 8 nitrogen and oxygen atoms in total. The number of hydrogen-bond acceptors (Lipinski definition) is 7. The average Bonchev–Trinajstić information content (AvgIpc) is 2.98. The number of ether oxygens (including phenoxy) is 3. The second kappa shape index (κ2) is 29.0. The van der Waals surface area contributed by atoms with E-state index in [0.29, 0.717) is 12.8 Å². The zero-order chi connectivity index (χ0) is 33.6. The first kappa shape index (κ1) is 42.6. The molecule has 2 unspecified atom stereocenters. The highest BCUT2D eigenvalue weighted by Gasteiger charge is 2.25. The normalized spacial score (nSPS) is 13.5. The van der Waals surface area contributed by atoms with Crippen molar-refractivity contribution in [3.05, 3.63) is 36.5 Å². The van der Waals surface area contributed by atoms with Gasteiger partial charge in [0.25, 0.3) is 0 Å².